The predicted octanol–water partition coefficient (Wildman–Crippen LogP) is 2.84. The van der Waals surface area contributed by atoms with E-state index in [1.807, 2.05) is 12.3 Å². The van der Waals surface area contributed by atoms with Crippen LogP contribution >= 0.6 is 31.4 Å². The summed E-state index contributed by atoms with van der Waals surface area (Å²) in [6, 6.07) is 4.07. The van der Waals surface area contributed by atoms with E-state index in [4.69, 9.17) is 0 Å². The molecule has 0 aliphatic carbocycles. The van der Waals surface area contributed by atoms with Gasteiger partial charge in [-0.1, -0.05) is 0 Å². The average molecular weight is 173 g/mol. The summed E-state index contributed by atoms with van der Waals surface area (Å²) in [6.07, 6.45) is 1.83. The molecule has 0 atom stereocenters. The van der Waals surface area contributed by atoms with Crippen LogP contribution in [0.4, 0.5) is 0 Å². The van der Waals surface area contributed by atoms with E-state index in [0.717, 1.165) is 5.03 Å². The highest BCUT2D eigenvalue weighted by atomic mass is 33.5. The van der Waals surface area contributed by atoms with E-state index in [0.29, 0.717) is 0 Å². The highest BCUT2D eigenvalue weighted by Crippen LogP contribution is 2.54. The molecule has 1 aliphatic rings. The molecule has 1 aliphatic heterocycles. The minimum atomic E-state index is 1.16. The van der Waals surface area contributed by atoms with Crippen molar-refractivity contribution in [3.63, 3.8) is 0 Å². The molecule has 4 heteroatoms. The Kier molecular flexibility index (Phi) is 1.61. The first-order valence-corrected chi connectivity index (χ1v) is 5.91. The maximum absolute atomic E-state index is 4.18. The van der Waals surface area contributed by atoms with Gasteiger partial charge < -0.3 is 0 Å². The molecule has 2 rings (SSSR count). The molecule has 1 nitrogen and oxygen atoms in total. The van der Waals surface area contributed by atoms with Gasteiger partial charge in [-0.2, -0.15) is 0 Å². The summed E-state index contributed by atoms with van der Waals surface area (Å²) in [4.78, 5) is 5.48. The third kappa shape index (κ3) is 1.07. The number of nitrogens with zero attached hydrogens (tertiary/aromatic N) is 1. The summed E-state index contributed by atoms with van der Waals surface area (Å²) in [5, 5.41) is 1.16. The van der Waals surface area contributed by atoms with Crippen LogP contribution in [0.2, 0.25) is 0 Å². The van der Waals surface area contributed by atoms with Crippen LogP contribution in [0.5, 0.6) is 0 Å². The number of hydrogen-bond acceptors (Lipinski definition) is 4. The van der Waals surface area contributed by atoms with Crippen molar-refractivity contribution in [2.24, 2.45) is 0 Å². The summed E-state index contributed by atoms with van der Waals surface area (Å²) in [5.74, 6) is 0. The van der Waals surface area contributed by atoms with Gasteiger partial charge in [0.2, 0.25) is 0 Å². The quantitative estimate of drug-likeness (QED) is 0.559. The molecule has 0 aromatic carbocycles. The van der Waals surface area contributed by atoms with E-state index in [1.54, 1.807) is 31.4 Å². The zero-order valence-corrected chi connectivity index (χ0v) is 6.85. The van der Waals surface area contributed by atoms with Gasteiger partial charge in [0.1, 0.15) is 5.03 Å². The summed E-state index contributed by atoms with van der Waals surface area (Å²) in [6.45, 7) is 0. The smallest absolute Gasteiger partial charge is 0.122 e. The minimum Gasteiger partial charge on any atom is -0.248 e. The first-order valence-electron chi connectivity index (χ1n) is 2.43. The number of pyridine rings is 1. The van der Waals surface area contributed by atoms with E-state index in [9.17, 15) is 0 Å². The largest absolute Gasteiger partial charge is 0.248 e. The fourth-order valence-corrected chi connectivity index (χ4v) is 4.70. The molecule has 0 unspecified atom stereocenters. The molecule has 0 fully saturated rings. The van der Waals surface area contributed by atoms with Gasteiger partial charge in [-0.3, -0.25) is 0 Å². The van der Waals surface area contributed by atoms with Gasteiger partial charge >= 0.3 is 0 Å². The number of rotatable bonds is 0. The standard InChI is InChI=1S/C5H3NS3/c1-2-4-5(6-3-1)8-9-7-4/h1-3H. The molecule has 9 heavy (non-hydrogen) atoms. The van der Waals surface area contributed by atoms with E-state index >= 15 is 0 Å². The Hall–Kier alpha value is 0.200. The number of hydrogen-bond donors (Lipinski definition) is 0. The number of aromatic nitrogens is 1. The van der Waals surface area contributed by atoms with Crippen molar-refractivity contribution in [3.05, 3.63) is 18.3 Å². The molecule has 0 saturated carbocycles. The maximum Gasteiger partial charge on any atom is 0.122 e. The van der Waals surface area contributed by atoms with Gasteiger partial charge in [0, 0.05) is 6.20 Å². The van der Waals surface area contributed by atoms with Crippen molar-refractivity contribution >= 4 is 31.4 Å². The third-order valence-corrected chi connectivity index (χ3v) is 4.88. The lowest BCUT2D eigenvalue weighted by atomic mass is 10.5. The summed E-state index contributed by atoms with van der Waals surface area (Å²) in [5.41, 5.74) is 0. The Morgan fingerprint density at radius 1 is 1.33 bits per heavy atom. The second kappa shape index (κ2) is 2.44. The van der Waals surface area contributed by atoms with Crippen molar-refractivity contribution < 1.29 is 0 Å². The van der Waals surface area contributed by atoms with Crippen LogP contribution in [0, 0.1) is 0 Å². The third-order valence-electron chi connectivity index (χ3n) is 0.973. The molecule has 0 N–H and O–H groups in total. The van der Waals surface area contributed by atoms with Crippen LogP contribution < -0.4 is 0 Å². The molecular weight excluding hydrogens is 170 g/mol. The van der Waals surface area contributed by atoms with E-state index in [1.165, 1.54) is 4.90 Å². The fraction of sp³-hybridized carbons (Fsp3) is 0. The van der Waals surface area contributed by atoms with Crippen LogP contribution in [0.25, 0.3) is 0 Å². The summed E-state index contributed by atoms with van der Waals surface area (Å²) in [7, 11) is 5.30. The van der Waals surface area contributed by atoms with Crippen molar-refractivity contribution in [2.75, 3.05) is 0 Å². The van der Waals surface area contributed by atoms with Crippen LogP contribution in [-0.2, 0) is 0 Å². The monoisotopic (exact) mass is 173 g/mol. The highest BCUT2D eigenvalue weighted by molar-refractivity contribution is 9.10. The SMILES string of the molecule is c1cnc2c(c1)SSS2. The van der Waals surface area contributed by atoms with Gasteiger partial charge in [-0.25, -0.2) is 4.98 Å². The van der Waals surface area contributed by atoms with Crippen molar-refractivity contribution in [2.45, 2.75) is 9.92 Å². The van der Waals surface area contributed by atoms with Gasteiger partial charge in [0.05, 0.1) is 4.90 Å². The van der Waals surface area contributed by atoms with Crippen LogP contribution in [0.1, 0.15) is 0 Å². The topological polar surface area (TPSA) is 12.9 Å². The first-order chi connectivity index (χ1) is 4.47. The first kappa shape index (κ1) is 5.95. The predicted molar refractivity (Wildman–Crippen MR) is 43.5 cm³/mol. The summed E-state index contributed by atoms with van der Waals surface area (Å²) < 4.78 is 0. The zero-order chi connectivity index (χ0) is 6.10. The van der Waals surface area contributed by atoms with Gasteiger partial charge in [-0.15, -0.1) is 0 Å². The van der Waals surface area contributed by atoms with Crippen molar-refractivity contribution in [3.8, 4) is 0 Å². The lowest BCUT2D eigenvalue weighted by Gasteiger charge is -1.88. The molecule has 0 spiro atoms. The van der Waals surface area contributed by atoms with Gasteiger partial charge in [0.15, 0.2) is 0 Å². The van der Waals surface area contributed by atoms with Crippen molar-refractivity contribution in [1.82, 2.24) is 4.98 Å². The Labute approximate surface area is 64.8 Å². The molecule has 46 valence electrons. The van der Waals surface area contributed by atoms with E-state index in [-0.39, 0.29) is 0 Å². The maximum atomic E-state index is 4.18. The lowest BCUT2D eigenvalue weighted by Crippen LogP contribution is -1.73. The van der Waals surface area contributed by atoms with Gasteiger partial charge in [-0.05, 0) is 43.5 Å². The second-order valence-corrected chi connectivity index (χ2v) is 5.47. The second-order valence-electron chi connectivity index (χ2n) is 1.54. The van der Waals surface area contributed by atoms with Crippen LogP contribution in [0.3, 0.4) is 0 Å². The average Bonchev–Trinajstić information content (AvgIpc) is 2.33. The Morgan fingerprint density at radius 3 is 3.22 bits per heavy atom. The Morgan fingerprint density at radius 2 is 2.33 bits per heavy atom. The molecule has 1 aromatic heterocycles. The molecule has 0 radical (unpaired) electrons. The van der Waals surface area contributed by atoms with E-state index in [2.05, 4.69) is 11.1 Å². The molecule has 0 amide bonds. The molecule has 0 bridgehead atoms. The lowest BCUT2D eigenvalue weighted by molar-refractivity contribution is 1.05. The zero-order valence-electron chi connectivity index (χ0n) is 4.40. The Bertz CT molecular complexity index is 202. The van der Waals surface area contributed by atoms with Crippen molar-refractivity contribution in [1.29, 1.82) is 0 Å². The fourth-order valence-electron chi connectivity index (χ4n) is 0.588. The van der Waals surface area contributed by atoms with Gasteiger partial charge in [0.25, 0.3) is 0 Å². The molecule has 0 saturated heterocycles. The minimum absolute atomic E-state index is 1.16. The van der Waals surface area contributed by atoms with Crippen LogP contribution in [0.15, 0.2) is 28.3 Å². The molecular formula is C5H3NS3. The normalized spacial score (nSPS) is 15.6. The van der Waals surface area contributed by atoms with E-state index < -0.39 is 0 Å². The number of fused-ring (bicyclic) bond motifs is 1. The molecule has 1 aromatic rings. The summed E-state index contributed by atoms with van der Waals surface area (Å²) >= 11 is 0. The Balaban J connectivity index is 2.54. The molecule has 2 heterocycles. The highest BCUT2D eigenvalue weighted by Gasteiger charge is 2.12. The van der Waals surface area contributed by atoms with Crippen LogP contribution in [-0.4, -0.2) is 4.98 Å².